The number of carbonyl (C=O) groups is 1. The fourth-order valence-electron chi connectivity index (χ4n) is 1.79. The van der Waals surface area contributed by atoms with Crippen molar-refractivity contribution in [3.8, 4) is 11.4 Å². The maximum absolute atomic E-state index is 11.8. The van der Waals surface area contributed by atoms with E-state index in [0.717, 1.165) is 5.56 Å². The molecule has 2 aromatic heterocycles. The highest BCUT2D eigenvalue weighted by molar-refractivity contribution is 6.31. The van der Waals surface area contributed by atoms with Gasteiger partial charge in [-0.25, -0.2) is 0 Å². The summed E-state index contributed by atoms with van der Waals surface area (Å²) in [4.78, 5) is 18.8. The van der Waals surface area contributed by atoms with Gasteiger partial charge in [0.25, 0.3) is 5.91 Å². The highest BCUT2D eigenvalue weighted by Crippen LogP contribution is 2.18. The lowest BCUT2D eigenvalue weighted by Gasteiger charge is -1.98. The summed E-state index contributed by atoms with van der Waals surface area (Å²) in [6.07, 6.45) is 1.53. The van der Waals surface area contributed by atoms with E-state index in [4.69, 9.17) is 27.7 Å². The standard InChI is InChI=1S/C14H10Cl2N4O2/c15-9-3-1-8(2-4-9)13-19-12(22-20-13)7-18-14(21)11-5-10(16)6-17-11/h1-6,17H,7H2,(H,18,21). The van der Waals surface area contributed by atoms with E-state index in [-0.39, 0.29) is 12.5 Å². The van der Waals surface area contributed by atoms with Gasteiger partial charge in [-0.3, -0.25) is 4.79 Å². The molecule has 0 saturated heterocycles. The minimum absolute atomic E-state index is 0.121. The Kier molecular flexibility index (Phi) is 4.13. The molecule has 0 aliphatic heterocycles. The summed E-state index contributed by atoms with van der Waals surface area (Å²) in [7, 11) is 0. The minimum atomic E-state index is -0.307. The van der Waals surface area contributed by atoms with Crippen molar-refractivity contribution in [3.05, 3.63) is 58.2 Å². The van der Waals surface area contributed by atoms with Gasteiger partial charge >= 0.3 is 0 Å². The third kappa shape index (κ3) is 3.29. The average molecular weight is 337 g/mol. The number of hydrogen-bond donors (Lipinski definition) is 2. The second-order valence-corrected chi connectivity index (χ2v) is 5.31. The number of aromatic amines is 1. The van der Waals surface area contributed by atoms with Crippen LogP contribution in [0.5, 0.6) is 0 Å². The Hall–Kier alpha value is -2.31. The van der Waals surface area contributed by atoms with E-state index in [1.54, 1.807) is 24.3 Å². The van der Waals surface area contributed by atoms with Crippen molar-refractivity contribution in [2.24, 2.45) is 0 Å². The van der Waals surface area contributed by atoms with Gasteiger partial charge in [-0.05, 0) is 30.3 Å². The van der Waals surface area contributed by atoms with Gasteiger partial charge in [-0.15, -0.1) is 0 Å². The van der Waals surface area contributed by atoms with Crippen molar-refractivity contribution in [2.75, 3.05) is 0 Å². The fourth-order valence-corrected chi connectivity index (χ4v) is 2.08. The molecule has 0 fully saturated rings. The van der Waals surface area contributed by atoms with Crippen LogP contribution in [-0.2, 0) is 6.54 Å². The molecule has 6 nitrogen and oxygen atoms in total. The molecule has 8 heteroatoms. The van der Waals surface area contributed by atoms with Crippen molar-refractivity contribution in [2.45, 2.75) is 6.54 Å². The van der Waals surface area contributed by atoms with E-state index in [9.17, 15) is 4.79 Å². The monoisotopic (exact) mass is 336 g/mol. The van der Waals surface area contributed by atoms with Crippen LogP contribution in [0.4, 0.5) is 0 Å². The Morgan fingerprint density at radius 3 is 2.68 bits per heavy atom. The quantitative estimate of drug-likeness (QED) is 0.765. The van der Waals surface area contributed by atoms with Gasteiger partial charge in [0.2, 0.25) is 11.7 Å². The predicted octanol–water partition coefficient (Wildman–Crippen LogP) is 3.30. The van der Waals surface area contributed by atoms with Crippen LogP contribution >= 0.6 is 23.2 Å². The largest absolute Gasteiger partial charge is 0.356 e. The predicted molar refractivity (Wildman–Crippen MR) is 81.7 cm³/mol. The summed E-state index contributed by atoms with van der Waals surface area (Å²) in [6.45, 7) is 0.121. The number of amides is 1. The van der Waals surface area contributed by atoms with Crippen LogP contribution in [0.3, 0.4) is 0 Å². The number of hydrogen-bond acceptors (Lipinski definition) is 4. The Morgan fingerprint density at radius 1 is 1.23 bits per heavy atom. The molecule has 0 bridgehead atoms. The average Bonchev–Trinajstić information content (AvgIpc) is 3.15. The number of benzene rings is 1. The molecule has 0 atom stereocenters. The number of halogens is 2. The molecule has 0 aliphatic rings. The highest BCUT2D eigenvalue weighted by atomic mass is 35.5. The third-order valence-electron chi connectivity index (χ3n) is 2.86. The minimum Gasteiger partial charge on any atom is -0.356 e. The van der Waals surface area contributed by atoms with E-state index in [1.165, 1.54) is 12.3 Å². The first-order chi connectivity index (χ1) is 10.6. The number of nitrogens with one attached hydrogen (secondary N) is 2. The summed E-state index contributed by atoms with van der Waals surface area (Å²) in [5.74, 6) is 0.429. The van der Waals surface area contributed by atoms with Crippen LogP contribution < -0.4 is 5.32 Å². The molecule has 0 spiro atoms. The van der Waals surface area contributed by atoms with Crippen LogP contribution in [-0.4, -0.2) is 21.0 Å². The van der Waals surface area contributed by atoms with Crippen molar-refractivity contribution >= 4 is 29.1 Å². The fraction of sp³-hybridized carbons (Fsp3) is 0.0714. The summed E-state index contributed by atoms with van der Waals surface area (Å²) < 4.78 is 5.10. The number of carbonyl (C=O) groups excluding carboxylic acids is 1. The maximum atomic E-state index is 11.8. The number of H-pyrrole nitrogens is 1. The molecule has 112 valence electrons. The lowest BCUT2D eigenvalue weighted by molar-refractivity contribution is 0.0942. The van der Waals surface area contributed by atoms with Crippen molar-refractivity contribution in [1.29, 1.82) is 0 Å². The van der Waals surface area contributed by atoms with Crippen LogP contribution in [0.15, 0.2) is 41.1 Å². The van der Waals surface area contributed by atoms with E-state index >= 15 is 0 Å². The SMILES string of the molecule is O=C(NCc1nc(-c2ccc(Cl)cc2)no1)c1cc(Cl)c[nH]1. The van der Waals surface area contributed by atoms with Crippen LogP contribution in [0.25, 0.3) is 11.4 Å². The molecular weight excluding hydrogens is 327 g/mol. The molecule has 22 heavy (non-hydrogen) atoms. The normalized spacial score (nSPS) is 10.6. The molecule has 0 saturated carbocycles. The zero-order valence-electron chi connectivity index (χ0n) is 11.1. The first-order valence-electron chi connectivity index (χ1n) is 6.32. The highest BCUT2D eigenvalue weighted by Gasteiger charge is 2.12. The number of aromatic nitrogens is 3. The summed E-state index contributed by atoms with van der Waals surface area (Å²) in [6, 6.07) is 8.59. The van der Waals surface area contributed by atoms with E-state index in [2.05, 4.69) is 20.4 Å². The molecule has 3 aromatic rings. The van der Waals surface area contributed by atoms with Gasteiger partial charge in [0.05, 0.1) is 11.6 Å². The zero-order valence-corrected chi connectivity index (χ0v) is 12.6. The van der Waals surface area contributed by atoms with E-state index < -0.39 is 0 Å². The first-order valence-corrected chi connectivity index (χ1v) is 7.08. The number of nitrogens with zero attached hydrogens (tertiary/aromatic N) is 2. The summed E-state index contributed by atoms with van der Waals surface area (Å²) in [5, 5.41) is 7.61. The van der Waals surface area contributed by atoms with E-state index in [0.29, 0.717) is 27.5 Å². The van der Waals surface area contributed by atoms with E-state index in [1.807, 2.05) is 0 Å². The molecule has 0 radical (unpaired) electrons. The zero-order chi connectivity index (χ0) is 15.5. The lowest BCUT2D eigenvalue weighted by atomic mass is 10.2. The summed E-state index contributed by atoms with van der Waals surface area (Å²) in [5.41, 5.74) is 1.14. The van der Waals surface area contributed by atoms with Crippen LogP contribution in [0.1, 0.15) is 16.4 Å². The van der Waals surface area contributed by atoms with Crippen molar-refractivity contribution in [1.82, 2.24) is 20.4 Å². The van der Waals surface area contributed by atoms with Crippen LogP contribution in [0.2, 0.25) is 10.0 Å². The maximum Gasteiger partial charge on any atom is 0.268 e. The third-order valence-corrected chi connectivity index (χ3v) is 3.33. The number of rotatable bonds is 4. The van der Waals surface area contributed by atoms with Gasteiger partial charge in [-0.1, -0.05) is 28.4 Å². The second kappa shape index (κ2) is 6.21. The molecule has 3 rings (SSSR count). The van der Waals surface area contributed by atoms with Gasteiger partial charge in [0.15, 0.2) is 0 Å². The lowest BCUT2D eigenvalue weighted by Crippen LogP contribution is -2.23. The van der Waals surface area contributed by atoms with Crippen molar-refractivity contribution < 1.29 is 9.32 Å². The van der Waals surface area contributed by atoms with Crippen molar-refractivity contribution in [3.63, 3.8) is 0 Å². The smallest absolute Gasteiger partial charge is 0.268 e. The van der Waals surface area contributed by atoms with Gasteiger partial charge < -0.3 is 14.8 Å². The Morgan fingerprint density at radius 2 is 2.00 bits per heavy atom. The molecule has 2 heterocycles. The van der Waals surface area contributed by atoms with Gasteiger partial charge in [0.1, 0.15) is 5.69 Å². The Bertz CT molecular complexity index is 795. The molecular formula is C14H10Cl2N4O2. The molecule has 0 unspecified atom stereocenters. The van der Waals surface area contributed by atoms with Gasteiger partial charge in [-0.2, -0.15) is 4.98 Å². The molecule has 1 amide bonds. The van der Waals surface area contributed by atoms with Gasteiger partial charge in [0, 0.05) is 16.8 Å². The molecule has 2 N–H and O–H groups in total. The first kappa shape index (κ1) is 14.6. The Balaban J connectivity index is 1.64. The molecule has 1 aromatic carbocycles. The molecule has 0 aliphatic carbocycles. The second-order valence-electron chi connectivity index (χ2n) is 4.43. The van der Waals surface area contributed by atoms with Crippen LogP contribution in [0, 0.1) is 0 Å². The summed E-state index contributed by atoms with van der Waals surface area (Å²) >= 11 is 11.6. The Labute approximate surface area is 135 Å². The topological polar surface area (TPSA) is 83.8 Å².